The van der Waals surface area contributed by atoms with Crippen LogP contribution in [-0.2, 0) is 19.5 Å². The summed E-state index contributed by atoms with van der Waals surface area (Å²) in [5.74, 6) is -4.21. The molecular formula is C12H15F2NO5S. The van der Waals surface area contributed by atoms with E-state index in [1.807, 2.05) is 0 Å². The molecule has 21 heavy (non-hydrogen) atoms. The zero-order valence-corrected chi connectivity index (χ0v) is 12.2. The van der Waals surface area contributed by atoms with Crippen LogP contribution in [0, 0.1) is 11.6 Å². The van der Waals surface area contributed by atoms with E-state index in [9.17, 15) is 22.0 Å². The third-order valence-corrected chi connectivity index (χ3v) is 3.21. The van der Waals surface area contributed by atoms with Gasteiger partial charge in [-0.3, -0.25) is 0 Å². The second-order valence-electron chi connectivity index (χ2n) is 4.37. The standard InChI is InChI=1S/C12H15F2NO5S/c1-7(2)19-3-4-20-12(16)9-5-8(21(15,17)18)6-10(13)11(9)14/h5-7H,3-4H2,1-2H3,(H2,15,17,18). The summed E-state index contributed by atoms with van der Waals surface area (Å²) in [4.78, 5) is 10.9. The predicted molar refractivity (Wildman–Crippen MR) is 69.1 cm³/mol. The Morgan fingerprint density at radius 1 is 1.29 bits per heavy atom. The van der Waals surface area contributed by atoms with Crippen molar-refractivity contribution in [2.24, 2.45) is 5.14 Å². The van der Waals surface area contributed by atoms with Crippen molar-refractivity contribution in [2.75, 3.05) is 13.2 Å². The Balaban J connectivity index is 2.91. The maximum Gasteiger partial charge on any atom is 0.341 e. The Kier molecular flexibility index (Phi) is 5.76. The molecule has 0 aliphatic rings. The molecule has 0 saturated heterocycles. The Hall–Kier alpha value is -1.58. The summed E-state index contributed by atoms with van der Waals surface area (Å²) in [6, 6.07) is 1.02. The van der Waals surface area contributed by atoms with Crippen molar-refractivity contribution in [1.29, 1.82) is 0 Å². The normalized spacial score (nSPS) is 11.7. The Morgan fingerprint density at radius 3 is 2.43 bits per heavy atom. The van der Waals surface area contributed by atoms with E-state index in [2.05, 4.69) is 4.74 Å². The number of halogens is 2. The van der Waals surface area contributed by atoms with Gasteiger partial charge in [0.2, 0.25) is 10.0 Å². The van der Waals surface area contributed by atoms with Gasteiger partial charge >= 0.3 is 5.97 Å². The highest BCUT2D eigenvalue weighted by Gasteiger charge is 2.22. The van der Waals surface area contributed by atoms with Crippen LogP contribution in [-0.4, -0.2) is 33.7 Å². The average Bonchev–Trinajstić information content (AvgIpc) is 2.35. The molecule has 0 amide bonds. The second-order valence-corrected chi connectivity index (χ2v) is 5.93. The molecular weight excluding hydrogens is 308 g/mol. The molecule has 1 aromatic rings. The van der Waals surface area contributed by atoms with Gasteiger partial charge in [-0.1, -0.05) is 0 Å². The first kappa shape index (κ1) is 17.5. The smallest absolute Gasteiger partial charge is 0.341 e. The van der Waals surface area contributed by atoms with Gasteiger partial charge in [-0.2, -0.15) is 0 Å². The maximum absolute atomic E-state index is 13.5. The molecule has 0 saturated carbocycles. The zero-order valence-electron chi connectivity index (χ0n) is 11.4. The van der Waals surface area contributed by atoms with Crippen LogP contribution < -0.4 is 5.14 Å². The van der Waals surface area contributed by atoms with Crippen LogP contribution in [0.4, 0.5) is 8.78 Å². The third kappa shape index (κ3) is 5.03. The first-order chi connectivity index (χ1) is 9.62. The molecule has 0 unspecified atom stereocenters. The lowest BCUT2D eigenvalue weighted by molar-refractivity contribution is 0.0172. The molecule has 6 nitrogen and oxygen atoms in total. The summed E-state index contributed by atoms with van der Waals surface area (Å²) >= 11 is 0. The summed E-state index contributed by atoms with van der Waals surface area (Å²) < 4.78 is 58.8. The highest BCUT2D eigenvalue weighted by atomic mass is 32.2. The summed E-state index contributed by atoms with van der Waals surface area (Å²) in [6.07, 6.45) is -0.0800. The van der Waals surface area contributed by atoms with Crippen molar-refractivity contribution >= 4 is 16.0 Å². The predicted octanol–water partition coefficient (Wildman–Crippen LogP) is 1.19. The van der Waals surface area contributed by atoms with Crippen LogP contribution in [0.25, 0.3) is 0 Å². The summed E-state index contributed by atoms with van der Waals surface area (Å²) in [5.41, 5.74) is -0.844. The lowest BCUT2D eigenvalue weighted by Crippen LogP contribution is -2.17. The van der Waals surface area contributed by atoms with E-state index in [4.69, 9.17) is 9.88 Å². The van der Waals surface area contributed by atoms with E-state index in [1.54, 1.807) is 13.8 Å². The number of ether oxygens (including phenoxy) is 2. The fourth-order valence-corrected chi connectivity index (χ4v) is 1.92. The van der Waals surface area contributed by atoms with Gasteiger partial charge in [0.25, 0.3) is 0 Å². The molecule has 9 heteroatoms. The number of esters is 1. The highest BCUT2D eigenvalue weighted by Crippen LogP contribution is 2.18. The van der Waals surface area contributed by atoms with Crippen molar-refractivity contribution < 1.29 is 31.5 Å². The Labute approximate surface area is 120 Å². The van der Waals surface area contributed by atoms with Crippen LogP contribution >= 0.6 is 0 Å². The van der Waals surface area contributed by atoms with Gasteiger partial charge in [-0.05, 0) is 26.0 Å². The number of benzene rings is 1. The molecule has 0 aromatic heterocycles. The fraction of sp³-hybridized carbons (Fsp3) is 0.417. The topological polar surface area (TPSA) is 95.7 Å². The summed E-state index contributed by atoms with van der Waals surface area (Å²) in [6.45, 7) is 3.43. The minimum atomic E-state index is -4.27. The van der Waals surface area contributed by atoms with Crippen LogP contribution in [0.3, 0.4) is 0 Å². The van der Waals surface area contributed by atoms with E-state index in [1.165, 1.54) is 0 Å². The molecule has 1 aromatic carbocycles. The Bertz CT molecular complexity index is 631. The molecule has 0 aliphatic carbocycles. The van der Waals surface area contributed by atoms with E-state index >= 15 is 0 Å². The molecule has 0 atom stereocenters. The molecule has 118 valence electrons. The number of carbonyl (C=O) groups is 1. The number of rotatable bonds is 6. The quantitative estimate of drug-likeness (QED) is 0.627. The number of hydrogen-bond donors (Lipinski definition) is 1. The minimum Gasteiger partial charge on any atom is -0.460 e. The van der Waals surface area contributed by atoms with Crippen molar-refractivity contribution in [3.8, 4) is 0 Å². The van der Waals surface area contributed by atoms with Gasteiger partial charge in [-0.15, -0.1) is 0 Å². The van der Waals surface area contributed by atoms with Crippen molar-refractivity contribution in [3.63, 3.8) is 0 Å². The Morgan fingerprint density at radius 2 is 1.90 bits per heavy atom. The van der Waals surface area contributed by atoms with Crippen LogP contribution in [0.5, 0.6) is 0 Å². The first-order valence-electron chi connectivity index (χ1n) is 5.93. The first-order valence-corrected chi connectivity index (χ1v) is 7.48. The molecule has 0 aliphatic heterocycles. The monoisotopic (exact) mass is 323 g/mol. The SMILES string of the molecule is CC(C)OCCOC(=O)c1cc(S(N)(=O)=O)cc(F)c1F. The molecule has 0 spiro atoms. The second kappa shape index (κ2) is 6.92. The lowest BCUT2D eigenvalue weighted by atomic mass is 10.2. The minimum absolute atomic E-state index is 0.0718. The molecule has 0 heterocycles. The van der Waals surface area contributed by atoms with E-state index in [-0.39, 0.29) is 19.3 Å². The number of primary sulfonamides is 1. The van der Waals surface area contributed by atoms with E-state index in [0.29, 0.717) is 12.1 Å². The third-order valence-electron chi connectivity index (χ3n) is 2.32. The fourth-order valence-electron chi connectivity index (χ4n) is 1.37. The number of nitrogens with two attached hydrogens (primary N) is 1. The van der Waals surface area contributed by atoms with Gasteiger partial charge in [0.05, 0.1) is 23.2 Å². The molecule has 1 rings (SSSR count). The lowest BCUT2D eigenvalue weighted by Gasteiger charge is -2.09. The van der Waals surface area contributed by atoms with Crippen LogP contribution in [0.15, 0.2) is 17.0 Å². The van der Waals surface area contributed by atoms with Gasteiger partial charge in [-0.25, -0.2) is 27.1 Å². The number of sulfonamides is 1. The van der Waals surface area contributed by atoms with E-state index in [0.717, 1.165) is 0 Å². The maximum atomic E-state index is 13.5. The molecule has 2 N–H and O–H groups in total. The van der Waals surface area contributed by atoms with Crippen molar-refractivity contribution in [1.82, 2.24) is 0 Å². The molecule has 0 fully saturated rings. The van der Waals surface area contributed by atoms with Crippen LogP contribution in [0.2, 0.25) is 0 Å². The zero-order chi connectivity index (χ0) is 16.2. The molecule has 0 bridgehead atoms. The highest BCUT2D eigenvalue weighted by molar-refractivity contribution is 7.89. The van der Waals surface area contributed by atoms with Crippen LogP contribution in [0.1, 0.15) is 24.2 Å². The molecule has 0 radical (unpaired) electrons. The van der Waals surface area contributed by atoms with Crippen molar-refractivity contribution in [2.45, 2.75) is 24.8 Å². The van der Waals surface area contributed by atoms with Gasteiger partial charge in [0.1, 0.15) is 6.61 Å². The van der Waals surface area contributed by atoms with Gasteiger partial charge in [0, 0.05) is 0 Å². The number of carbonyl (C=O) groups excluding carboxylic acids is 1. The summed E-state index contributed by atoms with van der Waals surface area (Å²) in [7, 11) is -4.27. The largest absolute Gasteiger partial charge is 0.460 e. The van der Waals surface area contributed by atoms with Gasteiger partial charge in [0.15, 0.2) is 11.6 Å². The number of hydrogen-bond acceptors (Lipinski definition) is 5. The van der Waals surface area contributed by atoms with E-state index < -0.39 is 38.1 Å². The van der Waals surface area contributed by atoms with Crippen molar-refractivity contribution in [3.05, 3.63) is 29.3 Å². The average molecular weight is 323 g/mol. The van der Waals surface area contributed by atoms with Gasteiger partial charge < -0.3 is 9.47 Å². The summed E-state index contributed by atoms with van der Waals surface area (Å²) in [5, 5.41) is 4.81.